The van der Waals surface area contributed by atoms with Gasteiger partial charge < -0.3 is 9.29 Å². The van der Waals surface area contributed by atoms with Gasteiger partial charge in [0.2, 0.25) is 0 Å². The number of ether oxygens (including phenoxy) is 1. The van der Waals surface area contributed by atoms with Crippen molar-refractivity contribution < 1.29 is 35.5 Å². The molecular weight excluding hydrogens is 431 g/mol. The first-order chi connectivity index (χ1) is 14.6. The van der Waals surface area contributed by atoms with Crippen LogP contribution in [-0.2, 0) is 14.9 Å². The molecule has 0 radical (unpaired) electrons. The first-order valence-corrected chi connectivity index (χ1v) is 13.2. The molecule has 0 amide bonds. The average molecular weight is 474 g/mol. The van der Waals surface area contributed by atoms with E-state index >= 15 is 0 Å². The number of nitrogens with zero attached hydrogens (tertiary/aromatic N) is 1. The lowest BCUT2D eigenvalue weighted by atomic mass is 10.0. The SMILES string of the molecule is CCCCCCCCCCCCCCCCCC1=[N+](C)CCO1.O=S(=O)([O-])C(F)(F)F. The molecule has 1 rings (SSSR count). The van der Waals surface area contributed by atoms with E-state index in [2.05, 4.69) is 18.5 Å². The van der Waals surface area contributed by atoms with Gasteiger partial charge >= 0.3 is 11.4 Å². The summed E-state index contributed by atoms with van der Waals surface area (Å²) < 4.78 is 66.8. The van der Waals surface area contributed by atoms with Crippen LogP contribution in [0.3, 0.4) is 0 Å². The zero-order valence-corrected chi connectivity index (χ0v) is 20.2. The highest BCUT2D eigenvalue weighted by Gasteiger charge is 2.36. The van der Waals surface area contributed by atoms with Gasteiger partial charge in [-0.3, -0.25) is 0 Å². The van der Waals surface area contributed by atoms with Gasteiger partial charge in [-0.25, -0.2) is 13.0 Å². The summed E-state index contributed by atoms with van der Waals surface area (Å²) in [4.78, 5) is 0. The fourth-order valence-electron chi connectivity index (χ4n) is 3.45. The summed E-state index contributed by atoms with van der Waals surface area (Å²) >= 11 is 0. The first kappa shape index (κ1) is 30.2. The zero-order valence-electron chi connectivity index (χ0n) is 19.4. The minimum absolute atomic E-state index is 0.893. The van der Waals surface area contributed by atoms with E-state index in [0.29, 0.717) is 0 Å². The highest BCUT2D eigenvalue weighted by atomic mass is 32.2. The van der Waals surface area contributed by atoms with Crippen LogP contribution in [0.2, 0.25) is 0 Å². The number of hydrogen-bond donors (Lipinski definition) is 0. The molecule has 0 aromatic rings. The Bertz CT molecular complexity index is 578. The normalized spacial score (nSPS) is 14.4. The highest BCUT2D eigenvalue weighted by Crippen LogP contribution is 2.20. The molecule has 1 aliphatic heterocycles. The quantitative estimate of drug-likeness (QED) is 0.113. The van der Waals surface area contributed by atoms with Crippen molar-refractivity contribution in [3.63, 3.8) is 0 Å². The molecule has 0 spiro atoms. The number of likely N-dealkylation sites (N-methyl/N-ethyl adjacent to an activating group) is 1. The monoisotopic (exact) mass is 473 g/mol. The molecule has 186 valence electrons. The van der Waals surface area contributed by atoms with Crippen molar-refractivity contribution in [3.05, 3.63) is 0 Å². The van der Waals surface area contributed by atoms with Gasteiger partial charge in [0.15, 0.2) is 23.3 Å². The Kier molecular flexibility index (Phi) is 17.2. The zero-order chi connectivity index (χ0) is 23.6. The molecule has 5 nitrogen and oxygen atoms in total. The molecule has 0 saturated carbocycles. The Labute approximate surface area is 187 Å². The molecule has 1 aliphatic rings. The summed E-state index contributed by atoms with van der Waals surface area (Å²) in [5, 5.41) is 0. The van der Waals surface area contributed by atoms with E-state index in [-0.39, 0.29) is 0 Å². The summed E-state index contributed by atoms with van der Waals surface area (Å²) in [7, 11) is -3.94. The number of halogens is 3. The van der Waals surface area contributed by atoms with E-state index in [1.807, 2.05) is 0 Å². The van der Waals surface area contributed by atoms with Gasteiger partial charge in [-0.2, -0.15) is 13.2 Å². The van der Waals surface area contributed by atoms with Crippen LogP contribution in [0.25, 0.3) is 0 Å². The van der Waals surface area contributed by atoms with Gasteiger partial charge in [-0.1, -0.05) is 96.8 Å². The van der Waals surface area contributed by atoms with Crippen molar-refractivity contribution in [1.82, 2.24) is 0 Å². The van der Waals surface area contributed by atoms with Gasteiger partial charge in [0, 0.05) is 0 Å². The molecule has 0 saturated heterocycles. The predicted molar refractivity (Wildman–Crippen MR) is 117 cm³/mol. The van der Waals surface area contributed by atoms with Crippen LogP contribution >= 0.6 is 0 Å². The van der Waals surface area contributed by atoms with Crippen LogP contribution in [0.4, 0.5) is 13.2 Å². The summed E-state index contributed by atoms with van der Waals surface area (Å²) in [5.74, 6) is 1.22. The molecule has 31 heavy (non-hydrogen) atoms. The van der Waals surface area contributed by atoms with Gasteiger partial charge in [0.25, 0.3) is 0 Å². The van der Waals surface area contributed by atoms with Crippen LogP contribution in [-0.4, -0.2) is 49.2 Å². The lowest BCUT2D eigenvalue weighted by molar-refractivity contribution is -0.488. The Morgan fingerprint density at radius 1 is 0.839 bits per heavy atom. The van der Waals surface area contributed by atoms with Crippen molar-refractivity contribution >= 4 is 16.0 Å². The van der Waals surface area contributed by atoms with Crippen molar-refractivity contribution in [2.45, 2.75) is 115 Å². The Morgan fingerprint density at radius 2 is 1.19 bits per heavy atom. The lowest BCUT2D eigenvalue weighted by Gasteiger charge is -2.08. The number of alkyl halides is 3. The van der Waals surface area contributed by atoms with Crippen LogP contribution in [0, 0.1) is 0 Å². The molecule has 9 heteroatoms. The predicted octanol–water partition coefficient (Wildman–Crippen LogP) is 6.37. The van der Waals surface area contributed by atoms with Crippen LogP contribution < -0.4 is 0 Å². The van der Waals surface area contributed by atoms with Crippen molar-refractivity contribution in [2.24, 2.45) is 0 Å². The van der Waals surface area contributed by atoms with Crippen LogP contribution in [0.15, 0.2) is 0 Å². The molecule has 0 aromatic carbocycles. The van der Waals surface area contributed by atoms with E-state index in [9.17, 15) is 13.2 Å². The number of hydrogen-bond acceptors (Lipinski definition) is 4. The van der Waals surface area contributed by atoms with E-state index in [0.717, 1.165) is 19.6 Å². The maximum absolute atomic E-state index is 10.7. The Hall–Kier alpha value is -0.830. The molecule has 0 unspecified atom stereocenters. The molecule has 0 N–H and O–H groups in total. The highest BCUT2D eigenvalue weighted by molar-refractivity contribution is 7.86. The van der Waals surface area contributed by atoms with E-state index < -0.39 is 15.6 Å². The largest absolute Gasteiger partial charge is 0.741 e. The van der Waals surface area contributed by atoms with Crippen molar-refractivity contribution in [1.29, 1.82) is 0 Å². The van der Waals surface area contributed by atoms with E-state index in [1.165, 1.54) is 102 Å². The van der Waals surface area contributed by atoms with Gasteiger partial charge in [0.05, 0.1) is 6.42 Å². The maximum Gasteiger partial charge on any atom is 0.485 e. The Balaban J connectivity index is 0.000000954. The topological polar surface area (TPSA) is 69.4 Å². The molecule has 1 heterocycles. The third kappa shape index (κ3) is 17.4. The maximum atomic E-state index is 10.7. The number of rotatable bonds is 16. The minimum atomic E-state index is -6.09. The third-order valence-corrected chi connectivity index (χ3v) is 5.97. The van der Waals surface area contributed by atoms with Gasteiger partial charge in [-0.05, 0) is 6.42 Å². The molecule has 0 aliphatic carbocycles. The second kappa shape index (κ2) is 17.7. The standard InChI is InChI=1S/C21H42NO.CHF3O3S/c1-3-4-5-6-7-8-9-10-11-12-13-14-15-16-17-18-21-22(2)19-20-23-21;2-1(3,4)8(5,6)7/h3-20H2,1-2H3;(H,5,6,7)/q+1;/p-1. The molecule has 0 bridgehead atoms. The summed E-state index contributed by atoms with van der Waals surface area (Å²) in [5.41, 5.74) is -5.65. The molecular formula is C22H42F3NO4S. The van der Waals surface area contributed by atoms with E-state index in [4.69, 9.17) is 17.7 Å². The van der Waals surface area contributed by atoms with Crippen molar-refractivity contribution in [2.75, 3.05) is 20.2 Å². The summed E-state index contributed by atoms with van der Waals surface area (Å²) in [6.45, 7) is 4.26. The lowest BCUT2D eigenvalue weighted by Crippen LogP contribution is -2.21. The fraction of sp³-hybridized carbons (Fsp3) is 0.955. The average Bonchev–Trinajstić information content (AvgIpc) is 3.08. The second-order valence-electron chi connectivity index (χ2n) is 8.26. The number of unbranched alkanes of at least 4 members (excludes halogenated alkanes) is 14. The molecule has 0 fully saturated rings. The minimum Gasteiger partial charge on any atom is -0.741 e. The van der Waals surface area contributed by atoms with Crippen LogP contribution in [0.1, 0.15) is 110 Å². The third-order valence-electron chi connectivity index (χ3n) is 5.40. The van der Waals surface area contributed by atoms with Gasteiger partial charge in [-0.15, -0.1) is 0 Å². The second-order valence-corrected chi connectivity index (χ2v) is 9.63. The molecule has 0 atom stereocenters. The van der Waals surface area contributed by atoms with Gasteiger partial charge in [0.1, 0.15) is 7.05 Å². The smallest absolute Gasteiger partial charge is 0.485 e. The summed E-state index contributed by atoms with van der Waals surface area (Å²) in [6, 6.07) is 0. The Morgan fingerprint density at radius 3 is 1.48 bits per heavy atom. The van der Waals surface area contributed by atoms with Crippen LogP contribution in [0.5, 0.6) is 0 Å². The first-order valence-electron chi connectivity index (χ1n) is 11.8. The summed E-state index contributed by atoms with van der Waals surface area (Å²) in [6.07, 6.45) is 22.6. The molecule has 0 aromatic heterocycles. The fourth-order valence-corrected chi connectivity index (χ4v) is 3.45. The van der Waals surface area contributed by atoms with E-state index in [1.54, 1.807) is 0 Å². The van der Waals surface area contributed by atoms with Crippen molar-refractivity contribution in [3.8, 4) is 0 Å².